The molecule has 6 nitrogen and oxygen atoms in total. The van der Waals surface area contributed by atoms with Crippen LogP contribution >= 0.6 is 11.8 Å². The molecular formula is C16H20N4O2S. The fraction of sp³-hybridized carbons (Fsp3) is 0.438. The summed E-state index contributed by atoms with van der Waals surface area (Å²) in [4.78, 5) is 22.8. The van der Waals surface area contributed by atoms with E-state index in [1.165, 1.54) is 0 Å². The molecule has 1 aliphatic rings. The van der Waals surface area contributed by atoms with E-state index in [0.717, 1.165) is 36.9 Å². The molecule has 1 aliphatic heterocycles. The summed E-state index contributed by atoms with van der Waals surface area (Å²) in [6.07, 6.45) is 7.06. The molecule has 0 radical (unpaired) electrons. The highest BCUT2D eigenvalue weighted by Gasteiger charge is 2.22. The van der Waals surface area contributed by atoms with Crippen LogP contribution in [0.4, 0.5) is 5.69 Å². The van der Waals surface area contributed by atoms with Crippen LogP contribution in [0.1, 0.15) is 23.3 Å². The topological polar surface area (TPSA) is 60.3 Å². The quantitative estimate of drug-likeness (QED) is 0.860. The van der Waals surface area contributed by atoms with Crippen molar-refractivity contribution in [2.24, 2.45) is 7.05 Å². The predicted octanol–water partition coefficient (Wildman–Crippen LogP) is 2.36. The fourth-order valence-electron chi connectivity index (χ4n) is 2.48. The van der Waals surface area contributed by atoms with Gasteiger partial charge in [0.05, 0.1) is 18.1 Å². The molecule has 0 spiro atoms. The van der Waals surface area contributed by atoms with Crippen LogP contribution in [0.5, 0.6) is 0 Å². The number of pyridine rings is 1. The van der Waals surface area contributed by atoms with E-state index in [1.807, 2.05) is 23.7 Å². The number of hydrogen-bond donors (Lipinski definition) is 0. The number of rotatable bonds is 4. The molecule has 122 valence electrons. The maximum absolute atomic E-state index is 12.7. The van der Waals surface area contributed by atoms with E-state index in [0.29, 0.717) is 10.9 Å². The molecule has 0 atom stereocenters. The summed E-state index contributed by atoms with van der Waals surface area (Å²) in [5, 5.41) is 1.38. The Balaban J connectivity index is 1.74. The zero-order chi connectivity index (χ0) is 16.2. The molecule has 7 heteroatoms. The van der Waals surface area contributed by atoms with Crippen LogP contribution in [0.3, 0.4) is 0 Å². The zero-order valence-electron chi connectivity index (χ0n) is 13.3. The molecule has 3 heterocycles. The standard InChI is InChI=1S/C16H20N4O2S/c1-19(12-4-3-7-17-10-12)15(21)14-11-18-16(20(14)2)23-13-5-8-22-9-6-13/h3-4,7,10-11,13H,5-6,8-9H2,1-2H3. The average Bonchev–Trinajstić information content (AvgIpc) is 2.96. The van der Waals surface area contributed by atoms with Gasteiger partial charge in [-0.25, -0.2) is 4.98 Å². The second kappa shape index (κ2) is 7.14. The van der Waals surface area contributed by atoms with Crippen LogP contribution in [0, 0.1) is 0 Å². The first-order valence-corrected chi connectivity index (χ1v) is 8.49. The lowest BCUT2D eigenvalue weighted by molar-refractivity contribution is 0.0982. The van der Waals surface area contributed by atoms with Gasteiger partial charge in [-0.1, -0.05) is 11.8 Å². The fourth-order valence-corrected chi connectivity index (χ4v) is 3.58. The molecule has 1 saturated heterocycles. The number of aromatic nitrogens is 3. The maximum atomic E-state index is 12.7. The lowest BCUT2D eigenvalue weighted by Gasteiger charge is -2.21. The first-order valence-electron chi connectivity index (χ1n) is 7.61. The van der Waals surface area contributed by atoms with E-state index in [-0.39, 0.29) is 5.91 Å². The van der Waals surface area contributed by atoms with Crippen molar-refractivity contribution in [1.29, 1.82) is 0 Å². The van der Waals surface area contributed by atoms with Gasteiger partial charge < -0.3 is 14.2 Å². The summed E-state index contributed by atoms with van der Waals surface area (Å²) in [7, 11) is 3.64. The van der Waals surface area contributed by atoms with Gasteiger partial charge >= 0.3 is 0 Å². The number of carbonyl (C=O) groups excluding carboxylic acids is 1. The van der Waals surface area contributed by atoms with Crippen molar-refractivity contribution in [2.75, 3.05) is 25.2 Å². The van der Waals surface area contributed by atoms with Crippen LogP contribution in [0.15, 0.2) is 35.9 Å². The number of amides is 1. The third-order valence-corrected chi connectivity index (χ3v) is 5.34. The minimum Gasteiger partial charge on any atom is -0.381 e. The average molecular weight is 332 g/mol. The molecule has 0 unspecified atom stereocenters. The Bertz CT molecular complexity index is 668. The predicted molar refractivity (Wildman–Crippen MR) is 89.9 cm³/mol. The lowest BCUT2D eigenvalue weighted by Crippen LogP contribution is -2.28. The minimum absolute atomic E-state index is 0.0909. The van der Waals surface area contributed by atoms with Crippen molar-refractivity contribution < 1.29 is 9.53 Å². The van der Waals surface area contributed by atoms with Gasteiger partial charge in [0, 0.05) is 38.8 Å². The van der Waals surface area contributed by atoms with E-state index >= 15 is 0 Å². The van der Waals surface area contributed by atoms with Gasteiger partial charge in [0.1, 0.15) is 5.69 Å². The number of thioether (sulfide) groups is 1. The van der Waals surface area contributed by atoms with E-state index in [2.05, 4.69) is 9.97 Å². The smallest absolute Gasteiger partial charge is 0.276 e. The molecule has 0 aliphatic carbocycles. The van der Waals surface area contributed by atoms with Gasteiger partial charge in [-0.05, 0) is 25.0 Å². The molecule has 2 aromatic rings. The normalized spacial score (nSPS) is 15.6. The first-order chi connectivity index (χ1) is 11.2. The molecule has 3 rings (SSSR count). The highest BCUT2D eigenvalue weighted by atomic mass is 32.2. The van der Waals surface area contributed by atoms with Crippen LogP contribution < -0.4 is 4.90 Å². The van der Waals surface area contributed by atoms with Crippen LogP contribution in [-0.2, 0) is 11.8 Å². The summed E-state index contributed by atoms with van der Waals surface area (Å²) in [5.74, 6) is -0.0909. The molecular weight excluding hydrogens is 312 g/mol. The summed E-state index contributed by atoms with van der Waals surface area (Å²) in [5.41, 5.74) is 1.34. The number of anilines is 1. The molecule has 1 amide bonds. The molecule has 0 N–H and O–H groups in total. The van der Waals surface area contributed by atoms with Gasteiger partial charge in [-0.3, -0.25) is 9.78 Å². The van der Waals surface area contributed by atoms with Crippen LogP contribution in [-0.4, -0.2) is 46.0 Å². The summed E-state index contributed by atoms with van der Waals surface area (Å²) >= 11 is 1.73. The van der Waals surface area contributed by atoms with Crippen molar-refractivity contribution in [3.8, 4) is 0 Å². The number of hydrogen-bond acceptors (Lipinski definition) is 5. The Morgan fingerprint density at radius 3 is 2.87 bits per heavy atom. The highest BCUT2D eigenvalue weighted by molar-refractivity contribution is 7.99. The second-order valence-electron chi connectivity index (χ2n) is 5.49. The van der Waals surface area contributed by atoms with Crippen LogP contribution in [0.2, 0.25) is 0 Å². The van der Waals surface area contributed by atoms with E-state index in [1.54, 1.807) is 42.3 Å². The molecule has 1 fully saturated rings. The third kappa shape index (κ3) is 3.56. The Kier molecular flexibility index (Phi) is 4.97. The molecule has 0 aromatic carbocycles. The van der Waals surface area contributed by atoms with Crippen molar-refractivity contribution in [3.63, 3.8) is 0 Å². The highest BCUT2D eigenvalue weighted by Crippen LogP contribution is 2.29. The molecule has 0 saturated carbocycles. The van der Waals surface area contributed by atoms with E-state index in [4.69, 9.17) is 4.74 Å². The number of ether oxygens (including phenoxy) is 1. The van der Waals surface area contributed by atoms with Gasteiger partial charge in [-0.15, -0.1) is 0 Å². The van der Waals surface area contributed by atoms with Gasteiger partial charge in [0.2, 0.25) is 0 Å². The lowest BCUT2D eigenvalue weighted by atomic mass is 10.2. The number of imidazole rings is 1. The molecule has 23 heavy (non-hydrogen) atoms. The van der Waals surface area contributed by atoms with Gasteiger partial charge in [0.25, 0.3) is 5.91 Å². The minimum atomic E-state index is -0.0909. The van der Waals surface area contributed by atoms with Crippen molar-refractivity contribution in [3.05, 3.63) is 36.4 Å². The molecule has 2 aromatic heterocycles. The third-order valence-electron chi connectivity index (χ3n) is 3.94. The number of carbonyl (C=O) groups is 1. The number of nitrogens with zero attached hydrogens (tertiary/aromatic N) is 4. The summed E-state index contributed by atoms with van der Waals surface area (Å²) in [6.45, 7) is 1.61. The monoisotopic (exact) mass is 332 g/mol. The van der Waals surface area contributed by atoms with Crippen molar-refractivity contribution >= 4 is 23.4 Å². The van der Waals surface area contributed by atoms with Crippen molar-refractivity contribution in [1.82, 2.24) is 14.5 Å². The Hall–Kier alpha value is -1.86. The van der Waals surface area contributed by atoms with Gasteiger partial charge in [0.15, 0.2) is 5.16 Å². The SMILES string of the molecule is CN(C(=O)c1cnc(SC2CCOCC2)n1C)c1cccnc1. The molecule has 0 bridgehead atoms. The van der Waals surface area contributed by atoms with Crippen molar-refractivity contribution in [2.45, 2.75) is 23.2 Å². The first kappa shape index (κ1) is 16.0. The second-order valence-corrected chi connectivity index (χ2v) is 6.76. The largest absolute Gasteiger partial charge is 0.381 e. The van der Waals surface area contributed by atoms with Gasteiger partial charge in [-0.2, -0.15) is 0 Å². The van der Waals surface area contributed by atoms with E-state index < -0.39 is 0 Å². The van der Waals surface area contributed by atoms with E-state index in [9.17, 15) is 4.79 Å². The summed E-state index contributed by atoms with van der Waals surface area (Å²) in [6, 6.07) is 3.67. The maximum Gasteiger partial charge on any atom is 0.276 e. The Morgan fingerprint density at radius 2 is 2.17 bits per heavy atom. The zero-order valence-corrected chi connectivity index (χ0v) is 14.1. The Labute approximate surface area is 139 Å². The van der Waals surface area contributed by atoms with Crippen LogP contribution in [0.25, 0.3) is 0 Å². The Morgan fingerprint density at radius 1 is 1.39 bits per heavy atom. The summed E-state index contributed by atoms with van der Waals surface area (Å²) < 4.78 is 7.25.